The van der Waals surface area contributed by atoms with E-state index in [1.54, 1.807) is 28.7 Å². The zero-order valence-corrected chi connectivity index (χ0v) is 18.4. The Labute approximate surface area is 196 Å². The molecule has 2 aromatic heterocycles. The highest BCUT2D eigenvalue weighted by Crippen LogP contribution is 2.23. The Kier molecular flexibility index (Phi) is 5.56. The van der Waals surface area contributed by atoms with Gasteiger partial charge < -0.3 is 10.4 Å². The van der Waals surface area contributed by atoms with Gasteiger partial charge in [0.2, 0.25) is 11.7 Å². The first-order valence-corrected chi connectivity index (χ1v) is 11.2. The largest absolute Gasteiger partial charge is 0.478 e. The van der Waals surface area contributed by atoms with Gasteiger partial charge in [0, 0.05) is 5.69 Å². The predicted octanol–water partition coefficient (Wildman–Crippen LogP) is 3.46. The minimum atomic E-state index is -1.07. The van der Waals surface area contributed by atoms with E-state index in [4.69, 9.17) is 5.11 Å². The molecule has 0 radical (unpaired) electrons. The second kappa shape index (κ2) is 8.83. The summed E-state index contributed by atoms with van der Waals surface area (Å²) in [5.41, 5.74) is 1.55. The number of carboxylic acids is 1. The van der Waals surface area contributed by atoms with Gasteiger partial charge in [-0.3, -0.25) is 14.0 Å². The average molecular weight is 471 g/mol. The summed E-state index contributed by atoms with van der Waals surface area (Å²) in [6, 6.07) is 22.4. The van der Waals surface area contributed by atoms with E-state index in [0.29, 0.717) is 33.2 Å². The predicted molar refractivity (Wildman–Crippen MR) is 129 cm³/mol. The molecule has 2 N–H and O–H groups in total. The first-order valence-electron chi connectivity index (χ1n) is 10.2. The molecule has 5 aromatic rings. The van der Waals surface area contributed by atoms with E-state index in [0.717, 1.165) is 11.8 Å². The maximum Gasteiger partial charge on any atom is 0.335 e. The van der Waals surface area contributed by atoms with Crippen molar-refractivity contribution >= 4 is 46.0 Å². The summed E-state index contributed by atoms with van der Waals surface area (Å²) in [5, 5.41) is 21.3. The van der Waals surface area contributed by atoms with Crippen molar-refractivity contribution in [2.75, 3.05) is 11.1 Å². The van der Waals surface area contributed by atoms with Crippen LogP contribution >= 0.6 is 11.8 Å². The van der Waals surface area contributed by atoms with Gasteiger partial charge in [-0.2, -0.15) is 0 Å². The number of carbonyl (C=O) groups is 2. The molecule has 3 aromatic carbocycles. The van der Waals surface area contributed by atoms with Crippen LogP contribution in [0, 0.1) is 0 Å². The number of anilines is 1. The average Bonchev–Trinajstić information content (AvgIpc) is 3.27. The number of benzene rings is 3. The number of para-hydroxylation sites is 2. The number of nitrogens with one attached hydrogen (secondary N) is 1. The quantitative estimate of drug-likeness (QED) is 0.364. The minimum Gasteiger partial charge on any atom is -0.478 e. The van der Waals surface area contributed by atoms with E-state index < -0.39 is 5.97 Å². The van der Waals surface area contributed by atoms with E-state index in [9.17, 15) is 14.4 Å². The molecule has 5 rings (SSSR count). The normalized spacial score (nSPS) is 11.1. The van der Waals surface area contributed by atoms with Crippen LogP contribution in [0.1, 0.15) is 10.4 Å². The lowest BCUT2D eigenvalue weighted by atomic mass is 10.2. The number of aromatic nitrogens is 4. The van der Waals surface area contributed by atoms with Gasteiger partial charge >= 0.3 is 5.97 Å². The lowest BCUT2D eigenvalue weighted by Crippen LogP contribution is -2.21. The van der Waals surface area contributed by atoms with Gasteiger partial charge in [-0.1, -0.05) is 48.2 Å². The van der Waals surface area contributed by atoms with Crippen LogP contribution in [0.25, 0.3) is 22.4 Å². The molecule has 0 saturated carbocycles. The van der Waals surface area contributed by atoms with Crippen molar-refractivity contribution in [3.05, 3.63) is 94.8 Å². The summed E-state index contributed by atoms with van der Waals surface area (Å²) in [7, 11) is 0. The van der Waals surface area contributed by atoms with Gasteiger partial charge in [0.25, 0.3) is 5.56 Å². The fourth-order valence-electron chi connectivity index (χ4n) is 3.64. The monoisotopic (exact) mass is 471 g/mol. The van der Waals surface area contributed by atoms with Gasteiger partial charge in [0.15, 0.2) is 5.16 Å². The summed E-state index contributed by atoms with van der Waals surface area (Å²) in [4.78, 5) is 37.0. The molecule has 0 spiro atoms. The number of hydrogen-bond donors (Lipinski definition) is 2. The van der Waals surface area contributed by atoms with Crippen molar-refractivity contribution < 1.29 is 14.7 Å². The second-order valence-electron chi connectivity index (χ2n) is 7.33. The summed E-state index contributed by atoms with van der Waals surface area (Å²) in [6.07, 6.45) is 0. The third-order valence-electron chi connectivity index (χ3n) is 5.13. The molecule has 0 aliphatic carbocycles. The minimum absolute atomic E-state index is 0.0108. The first-order chi connectivity index (χ1) is 16.5. The van der Waals surface area contributed by atoms with E-state index in [2.05, 4.69) is 15.5 Å². The third-order valence-corrected chi connectivity index (χ3v) is 6.06. The lowest BCUT2D eigenvalue weighted by Gasteiger charge is -2.11. The Morgan fingerprint density at radius 2 is 1.71 bits per heavy atom. The number of amides is 1. The van der Waals surface area contributed by atoms with Gasteiger partial charge in [-0.15, -0.1) is 10.2 Å². The molecule has 168 valence electrons. The molecule has 0 saturated heterocycles. The van der Waals surface area contributed by atoms with E-state index in [-0.39, 0.29) is 22.8 Å². The molecule has 0 aliphatic rings. The van der Waals surface area contributed by atoms with Crippen molar-refractivity contribution in [2.24, 2.45) is 0 Å². The molecule has 0 unspecified atom stereocenters. The van der Waals surface area contributed by atoms with E-state index >= 15 is 0 Å². The fraction of sp³-hybridized carbons (Fsp3) is 0.0417. The van der Waals surface area contributed by atoms with Crippen LogP contribution < -0.4 is 10.9 Å². The van der Waals surface area contributed by atoms with Crippen molar-refractivity contribution in [1.82, 2.24) is 19.2 Å². The van der Waals surface area contributed by atoms with Gasteiger partial charge in [-0.25, -0.2) is 9.36 Å². The Morgan fingerprint density at radius 3 is 2.50 bits per heavy atom. The maximum atomic E-state index is 13.3. The summed E-state index contributed by atoms with van der Waals surface area (Å²) in [5.74, 6) is -1.05. The molecule has 1 amide bonds. The first kappa shape index (κ1) is 21.4. The summed E-state index contributed by atoms with van der Waals surface area (Å²) in [6.45, 7) is 0. The Hall–Kier alpha value is -4.44. The highest BCUT2D eigenvalue weighted by Gasteiger charge is 2.18. The molecule has 2 heterocycles. The van der Waals surface area contributed by atoms with Crippen LogP contribution in [0.3, 0.4) is 0 Å². The van der Waals surface area contributed by atoms with E-state index in [1.165, 1.54) is 16.7 Å². The lowest BCUT2D eigenvalue weighted by molar-refractivity contribution is -0.113. The molecule has 9 nitrogen and oxygen atoms in total. The van der Waals surface area contributed by atoms with Gasteiger partial charge in [0.1, 0.15) is 0 Å². The van der Waals surface area contributed by atoms with Crippen LogP contribution in [-0.2, 0) is 4.79 Å². The van der Waals surface area contributed by atoms with Crippen molar-refractivity contribution in [3.63, 3.8) is 0 Å². The van der Waals surface area contributed by atoms with Crippen LogP contribution in [0.5, 0.6) is 0 Å². The molecular formula is C24H17N5O4S. The number of aromatic carboxylic acids is 1. The fourth-order valence-corrected chi connectivity index (χ4v) is 4.38. The number of nitrogens with zero attached hydrogens (tertiary/aromatic N) is 4. The SMILES string of the molecule is O=C(CSc1nnc2n(-c3ccccc3)c(=O)c3ccccc3n12)Nc1cccc(C(=O)O)c1. The summed E-state index contributed by atoms with van der Waals surface area (Å²) < 4.78 is 3.25. The van der Waals surface area contributed by atoms with Crippen molar-refractivity contribution in [2.45, 2.75) is 5.16 Å². The standard InChI is InChI=1S/C24H17N5O4S/c30-20(25-16-8-6-7-15(13-16)22(32)33)14-34-24-27-26-23-28(17-9-2-1-3-10-17)21(31)18-11-4-5-12-19(18)29(23)24/h1-13H,14H2,(H,25,30)(H,32,33). The molecule has 0 fully saturated rings. The Balaban J connectivity index is 1.50. The Morgan fingerprint density at radius 1 is 0.941 bits per heavy atom. The molecule has 0 aliphatic heterocycles. The van der Waals surface area contributed by atoms with E-state index in [1.807, 2.05) is 42.5 Å². The van der Waals surface area contributed by atoms with Crippen LogP contribution in [0.2, 0.25) is 0 Å². The van der Waals surface area contributed by atoms with Gasteiger partial charge in [0.05, 0.1) is 27.9 Å². The topological polar surface area (TPSA) is 119 Å². The number of fused-ring (bicyclic) bond motifs is 3. The number of rotatable bonds is 6. The smallest absolute Gasteiger partial charge is 0.335 e. The summed E-state index contributed by atoms with van der Waals surface area (Å²) >= 11 is 1.16. The van der Waals surface area contributed by atoms with Crippen molar-refractivity contribution in [1.29, 1.82) is 0 Å². The Bertz CT molecular complexity index is 1610. The number of carboxylic acid groups (broad SMARTS) is 1. The molecule has 0 atom stereocenters. The van der Waals surface area contributed by atoms with Crippen LogP contribution in [-0.4, -0.2) is 41.9 Å². The van der Waals surface area contributed by atoms with Crippen LogP contribution in [0.4, 0.5) is 5.69 Å². The number of thioether (sulfide) groups is 1. The zero-order chi connectivity index (χ0) is 23.7. The molecule has 34 heavy (non-hydrogen) atoms. The maximum absolute atomic E-state index is 13.3. The third kappa shape index (κ3) is 3.90. The van der Waals surface area contributed by atoms with Crippen molar-refractivity contribution in [3.8, 4) is 5.69 Å². The van der Waals surface area contributed by atoms with Crippen LogP contribution in [0.15, 0.2) is 88.8 Å². The molecular weight excluding hydrogens is 454 g/mol. The highest BCUT2D eigenvalue weighted by atomic mass is 32.2. The number of hydrogen-bond acceptors (Lipinski definition) is 6. The second-order valence-corrected chi connectivity index (χ2v) is 8.28. The molecule has 10 heteroatoms. The zero-order valence-electron chi connectivity index (χ0n) is 17.6. The molecule has 0 bridgehead atoms. The highest BCUT2D eigenvalue weighted by molar-refractivity contribution is 7.99. The van der Waals surface area contributed by atoms with Gasteiger partial charge in [-0.05, 0) is 42.5 Å². The number of carbonyl (C=O) groups excluding carboxylic acids is 1.